The normalized spacial score (nSPS) is 12.0. The highest BCUT2D eigenvalue weighted by Crippen LogP contribution is 2.48. The zero-order valence-electron chi connectivity index (χ0n) is 37.4. The fourth-order valence-corrected chi connectivity index (χ4v) is 8.38. The maximum Gasteiger partial charge on any atom is 0.298 e. The van der Waals surface area contributed by atoms with Crippen LogP contribution in [0.4, 0.5) is 0 Å². The Morgan fingerprint density at radius 2 is 1.25 bits per heavy atom. The average Bonchev–Trinajstić information content (AvgIpc) is 3.38. The molecule has 1 aliphatic heterocycles. The number of benzene rings is 8. The van der Waals surface area contributed by atoms with E-state index in [1.807, 2.05) is 146 Å². The highest BCUT2D eigenvalue weighted by molar-refractivity contribution is 9.11. The third kappa shape index (κ3) is 12.8. The number of nitrogens with zero attached hydrogens (tertiary/aromatic N) is 3. The first kappa shape index (κ1) is 50.1. The Morgan fingerprint density at radius 3 is 1.78 bits per heavy atom. The molecule has 0 saturated carbocycles. The number of aromatic hydroxyl groups is 1. The van der Waals surface area contributed by atoms with Crippen molar-refractivity contribution in [1.82, 2.24) is 0 Å². The molecule has 0 radical (unpaired) electrons. The summed E-state index contributed by atoms with van der Waals surface area (Å²) in [6.07, 6.45) is 0.772. The van der Waals surface area contributed by atoms with E-state index in [0.717, 1.165) is 54.6 Å². The maximum atomic E-state index is 10.8. The van der Waals surface area contributed by atoms with Crippen LogP contribution in [0.2, 0.25) is 0 Å². The molecule has 0 aliphatic carbocycles. The highest BCUT2D eigenvalue weighted by Gasteiger charge is 2.33. The van der Waals surface area contributed by atoms with Gasteiger partial charge in [-0.2, -0.15) is 10.5 Å². The van der Waals surface area contributed by atoms with Crippen molar-refractivity contribution in [2.45, 2.75) is 19.1 Å². The minimum Gasteiger partial charge on any atom is -0.507 e. The van der Waals surface area contributed by atoms with E-state index in [2.05, 4.69) is 42.8 Å². The molecular weight excluding hydrogens is 1000 g/mol. The number of aldehydes is 1. The van der Waals surface area contributed by atoms with E-state index in [9.17, 15) is 15.2 Å². The predicted molar refractivity (Wildman–Crippen MR) is 274 cm³/mol. The van der Waals surface area contributed by atoms with Gasteiger partial charge in [-0.25, -0.2) is 6.57 Å². The van der Waals surface area contributed by atoms with Crippen molar-refractivity contribution in [2.24, 2.45) is 5.73 Å². The van der Waals surface area contributed by atoms with Crippen LogP contribution >= 0.6 is 31.9 Å². The van der Waals surface area contributed by atoms with Gasteiger partial charge in [-0.05, 0) is 89.7 Å². The van der Waals surface area contributed by atoms with Crippen molar-refractivity contribution in [2.75, 3.05) is 20.8 Å². The van der Waals surface area contributed by atoms with Crippen LogP contribution in [-0.2, 0) is 13.2 Å². The van der Waals surface area contributed by atoms with E-state index in [-0.39, 0.29) is 12.4 Å². The number of carbonyl (C=O) groups is 1. The zero-order valence-corrected chi connectivity index (χ0v) is 40.6. The third-order valence-corrected chi connectivity index (χ3v) is 11.6. The number of methoxy groups -OCH3 is 2. The fourth-order valence-electron chi connectivity index (χ4n) is 7.23. The van der Waals surface area contributed by atoms with E-state index in [0.29, 0.717) is 63.3 Å². The number of halogens is 2. The molecule has 0 spiro atoms. The van der Waals surface area contributed by atoms with Crippen LogP contribution in [0.25, 0.3) is 26.4 Å². The van der Waals surface area contributed by atoms with Gasteiger partial charge in [0.2, 0.25) is 5.88 Å². The molecular formula is C56H44Br2N4O7. The first-order valence-corrected chi connectivity index (χ1v) is 22.7. The number of hydrogen-bond acceptors (Lipinski definition) is 10. The van der Waals surface area contributed by atoms with E-state index in [4.69, 9.17) is 41.3 Å². The largest absolute Gasteiger partial charge is 0.507 e. The molecule has 344 valence electrons. The molecule has 1 aliphatic rings. The highest BCUT2D eigenvalue weighted by atomic mass is 79.9. The summed E-state index contributed by atoms with van der Waals surface area (Å²) in [5.41, 5.74) is 11.0. The molecule has 13 heteroatoms. The van der Waals surface area contributed by atoms with Gasteiger partial charge < -0.3 is 39.4 Å². The second-order valence-corrected chi connectivity index (χ2v) is 16.5. The number of hydrogen-bond donors (Lipinski definition) is 2. The molecule has 0 aromatic heterocycles. The summed E-state index contributed by atoms with van der Waals surface area (Å²) in [4.78, 5) is 13.5. The van der Waals surface area contributed by atoms with E-state index < -0.39 is 5.92 Å². The number of ether oxygens (including phenoxy) is 5. The molecule has 11 nitrogen and oxygen atoms in total. The minimum absolute atomic E-state index is 0.0139. The molecule has 0 amide bonds. The lowest BCUT2D eigenvalue weighted by molar-refractivity contribution is 0.112. The van der Waals surface area contributed by atoms with Gasteiger partial charge in [-0.15, -0.1) is 0 Å². The van der Waals surface area contributed by atoms with Crippen molar-refractivity contribution in [3.05, 3.63) is 223 Å². The molecule has 0 bridgehead atoms. The smallest absolute Gasteiger partial charge is 0.298 e. The van der Waals surface area contributed by atoms with E-state index >= 15 is 0 Å². The Labute approximate surface area is 417 Å². The molecule has 0 saturated heterocycles. The topological polar surface area (TPSA) is 161 Å². The second kappa shape index (κ2) is 25.0. The lowest BCUT2D eigenvalue weighted by Gasteiger charge is -2.28. The van der Waals surface area contributed by atoms with Gasteiger partial charge in [0.15, 0.2) is 23.0 Å². The number of phenols is 1. The summed E-state index contributed by atoms with van der Waals surface area (Å²) in [5, 5.41) is 30.9. The van der Waals surface area contributed by atoms with Gasteiger partial charge in [0, 0.05) is 21.9 Å². The molecule has 3 N–H and O–H groups in total. The number of nitriles is 2. The monoisotopic (exact) mass is 1040 g/mol. The van der Waals surface area contributed by atoms with Gasteiger partial charge in [-0.3, -0.25) is 4.79 Å². The van der Waals surface area contributed by atoms with Crippen LogP contribution in [0.15, 0.2) is 184 Å². The van der Waals surface area contributed by atoms with E-state index in [1.165, 1.54) is 0 Å². The summed E-state index contributed by atoms with van der Waals surface area (Å²) >= 11 is 7.04. The molecule has 9 rings (SSSR count). The van der Waals surface area contributed by atoms with Gasteiger partial charge in [0.1, 0.15) is 48.7 Å². The predicted octanol–water partition coefficient (Wildman–Crippen LogP) is 13.2. The lowest BCUT2D eigenvalue weighted by Crippen LogP contribution is -2.21. The van der Waals surface area contributed by atoms with Gasteiger partial charge in [0.05, 0.1) is 29.1 Å². The Kier molecular flexibility index (Phi) is 18.2. The standard InChI is InChI=1S/C28H21BrN2O3.C15H13BrO3.C10H8O.C3H2N2/c1-32-24-14-19(13-23(29)27(24)33-16-17-7-3-2-4-8-17)25-21-12-11-18-9-5-6-10-20(18)26(21)34-28(31)22(25)15-30;1-18-14-8-12(9-17)7-13(16)15(14)19-10-11-5-3-2-4-6-11;11-10-7-3-5-8-4-1-2-6-9(8)10;1-5-3-2-4/h2-14,25H,16,31H2,1H3;2-9H,10H2,1H3;1-7,11H;3H2. The molecule has 1 atom stereocenters. The molecule has 8 aromatic carbocycles. The maximum absolute atomic E-state index is 10.8. The summed E-state index contributed by atoms with van der Waals surface area (Å²) in [6, 6.07) is 56.1. The van der Waals surface area contributed by atoms with Crippen LogP contribution in [-0.4, -0.2) is 32.2 Å². The summed E-state index contributed by atoms with van der Waals surface area (Å²) in [7, 11) is 3.15. The van der Waals surface area contributed by atoms with Crippen LogP contribution in [0, 0.1) is 29.2 Å². The van der Waals surface area contributed by atoms with Gasteiger partial charge >= 0.3 is 0 Å². The summed E-state index contributed by atoms with van der Waals surface area (Å²) in [6.45, 7) is 6.83. The lowest BCUT2D eigenvalue weighted by atomic mass is 9.82. The molecule has 1 unspecified atom stereocenters. The van der Waals surface area contributed by atoms with Crippen molar-refractivity contribution < 1.29 is 33.6 Å². The first-order valence-electron chi connectivity index (χ1n) is 21.1. The second-order valence-electron chi connectivity index (χ2n) is 14.8. The van der Waals surface area contributed by atoms with Gasteiger partial charge in [-0.1, -0.05) is 133 Å². The van der Waals surface area contributed by atoms with E-state index in [1.54, 1.807) is 38.5 Å². The van der Waals surface area contributed by atoms with Crippen LogP contribution in [0.1, 0.15) is 38.5 Å². The molecule has 8 aromatic rings. The van der Waals surface area contributed by atoms with Crippen LogP contribution < -0.4 is 29.4 Å². The molecule has 0 fully saturated rings. The Bertz CT molecular complexity index is 3200. The Morgan fingerprint density at radius 1 is 0.710 bits per heavy atom. The van der Waals surface area contributed by atoms with Crippen LogP contribution in [0.3, 0.4) is 0 Å². The van der Waals surface area contributed by atoms with Crippen LogP contribution in [0.5, 0.6) is 34.5 Å². The average molecular weight is 1040 g/mol. The van der Waals surface area contributed by atoms with Crippen molar-refractivity contribution in [1.29, 1.82) is 10.5 Å². The van der Waals surface area contributed by atoms with Gasteiger partial charge in [0.25, 0.3) is 6.54 Å². The SMILES string of the molecule is COc1cc(C2C(C#N)=C(N)Oc3c2ccc2ccccc32)cc(Br)c1OCc1ccccc1.COc1cc(C=O)cc(Br)c1OCc1ccccc1.Oc1cccc2ccccc12.[C-]#[N+]CC#N. The summed E-state index contributed by atoms with van der Waals surface area (Å²) < 4.78 is 30.2. The first-order chi connectivity index (χ1) is 33.6. The molecule has 69 heavy (non-hydrogen) atoms. The molecule has 1 heterocycles. The zero-order chi connectivity index (χ0) is 49.1. The third-order valence-electron chi connectivity index (χ3n) is 10.4. The Balaban J connectivity index is 0.000000186. The number of rotatable bonds is 10. The fraction of sp³-hybridized carbons (Fsp3) is 0.107. The summed E-state index contributed by atoms with van der Waals surface area (Å²) in [5.74, 6) is 3.00. The number of nitrogens with two attached hydrogens (primary N) is 1. The Hall–Kier alpha value is -8.28. The number of fused-ring (bicyclic) bond motifs is 4. The number of allylic oxidation sites excluding steroid dienone is 1. The number of carbonyl (C=O) groups excluding carboxylic acids is 1. The van der Waals surface area contributed by atoms with Crippen molar-refractivity contribution >= 4 is 59.7 Å². The van der Waals surface area contributed by atoms with Crippen molar-refractivity contribution in [3.63, 3.8) is 0 Å². The number of phenolic OH excluding ortho intramolecular Hbond substituents is 1. The van der Waals surface area contributed by atoms with Crippen molar-refractivity contribution in [3.8, 4) is 46.6 Å². The quantitative estimate of drug-likeness (QED) is 0.0766. The minimum atomic E-state index is -0.410.